The third-order valence-corrected chi connectivity index (χ3v) is 6.89. The summed E-state index contributed by atoms with van der Waals surface area (Å²) in [6.45, 7) is -0.186. The Balaban J connectivity index is 1.78. The van der Waals surface area contributed by atoms with Gasteiger partial charge in [-0.25, -0.2) is 8.42 Å². The highest BCUT2D eigenvalue weighted by Gasteiger charge is 2.26. The topological polar surface area (TPSA) is 99.5 Å². The number of nitriles is 1. The highest BCUT2D eigenvalue weighted by atomic mass is 32.2. The minimum Gasteiger partial charge on any atom is -0.497 e. The van der Waals surface area contributed by atoms with Crippen molar-refractivity contribution in [3.05, 3.63) is 90.0 Å². The summed E-state index contributed by atoms with van der Waals surface area (Å²) < 4.78 is 33.0. The lowest BCUT2D eigenvalue weighted by Gasteiger charge is -2.22. The van der Waals surface area contributed by atoms with Gasteiger partial charge in [0.1, 0.15) is 5.75 Å². The van der Waals surface area contributed by atoms with E-state index in [0.717, 1.165) is 11.1 Å². The molecule has 1 N–H and O–H groups in total. The van der Waals surface area contributed by atoms with Crippen molar-refractivity contribution >= 4 is 21.6 Å². The number of benzene rings is 3. The summed E-state index contributed by atoms with van der Waals surface area (Å²) in [6.07, 6.45) is 0.744. The molecule has 0 spiro atoms. The lowest BCUT2D eigenvalue weighted by molar-refractivity contribution is -0.116. The van der Waals surface area contributed by atoms with Gasteiger partial charge in [0.05, 0.1) is 31.0 Å². The molecule has 0 aliphatic heterocycles. The summed E-state index contributed by atoms with van der Waals surface area (Å²) in [5.74, 6) is 0.0931. The van der Waals surface area contributed by atoms with E-state index in [1.54, 1.807) is 36.4 Å². The number of nitrogens with one attached hydrogen (secondary N) is 1. The summed E-state index contributed by atoms with van der Waals surface area (Å²) in [6, 6.07) is 24.5. The number of hydrogen-bond acceptors (Lipinski definition) is 5. The first-order valence-electron chi connectivity index (χ1n) is 10.4. The third kappa shape index (κ3) is 6.65. The van der Waals surface area contributed by atoms with Gasteiger partial charge in [-0.3, -0.25) is 4.79 Å². The van der Waals surface area contributed by atoms with Crippen molar-refractivity contribution in [1.82, 2.24) is 4.31 Å². The first kappa shape index (κ1) is 24.0. The van der Waals surface area contributed by atoms with Gasteiger partial charge in [0, 0.05) is 12.2 Å². The number of sulfonamides is 1. The molecule has 0 radical (unpaired) electrons. The minimum absolute atomic E-state index is 0.0880. The number of rotatable bonds is 10. The standard InChI is InChI=1S/C25H25N3O4S/c1-32-23-11-13-24(14-12-23)33(30,31)28(18-16-20-5-3-2-4-6-20)19-25(29)27-22-9-7-21(8-10-22)15-17-26/h2-14H,15-16,18-19H2,1H3,(H,27,29). The van der Waals surface area contributed by atoms with Crippen LogP contribution >= 0.6 is 0 Å². The Morgan fingerprint density at radius 2 is 1.64 bits per heavy atom. The van der Waals surface area contributed by atoms with Crippen LogP contribution in [0.25, 0.3) is 0 Å². The van der Waals surface area contributed by atoms with Crippen molar-refractivity contribution in [1.29, 1.82) is 5.26 Å². The van der Waals surface area contributed by atoms with E-state index < -0.39 is 15.9 Å². The quantitative estimate of drug-likeness (QED) is 0.495. The first-order valence-corrected chi connectivity index (χ1v) is 11.8. The molecule has 0 saturated carbocycles. The SMILES string of the molecule is COc1ccc(S(=O)(=O)N(CCc2ccccc2)CC(=O)Nc2ccc(CC#N)cc2)cc1. The number of carbonyl (C=O) groups excluding carboxylic acids is 1. The van der Waals surface area contributed by atoms with Gasteiger partial charge in [0.25, 0.3) is 0 Å². The van der Waals surface area contributed by atoms with E-state index in [0.29, 0.717) is 17.9 Å². The summed E-state index contributed by atoms with van der Waals surface area (Å²) in [4.78, 5) is 12.8. The fourth-order valence-corrected chi connectivity index (χ4v) is 4.63. The molecule has 0 atom stereocenters. The Morgan fingerprint density at radius 3 is 2.24 bits per heavy atom. The average molecular weight is 464 g/mol. The molecule has 0 aliphatic carbocycles. The van der Waals surface area contributed by atoms with Gasteiger partial charge in [-0.1, -0.05) is 42.5 Å². The van der Waals surface area contributed by atoms with E-state index in [1.807, 2.05) is 30.3 Å². The molecular weight excluding hydrogens is 438 g/mol. The van der Waals surface area contributed by atoms with Crippen LogP contribution in [-0.2, 0) is 27.7 Å². The number of carbonyl (C=O) groups is 1. The maximum absolute atomic E-state index is 13.3. The van der Waals surface area contributed by atoms with Crippen LogP contribution in [0.1, 0.15) is 11.1 Å². The van der Waals surface area contributed by atoms with Crippen molar-refractivity contribution in [2.24, 2.45) is 0 Å². The van der Waals surface area contributed by atoms with Gasteiger partial charge in [-0.15, -0.1) is 0 Å². The van der Waals surface area contributed by atoms with Crippen LogP contribution in [0.4, 0.5) is 5.69 Å². The third-order valence-electron chi connectivity index (χ3n) is 5.03. The first-order chi connectivity index (χ1) is 15.9. The van der Waals surface area contributed by atoms with E-state index in [4.69, 9.17) is 10.00 Å². The number of methoxy groups -OCH3 is 1. The van der Waals surface area contributed by atoms with Crippen LogP contribution in [0, 0.1) is 11.3 Å². The van der Waals surface area contributed by atoms with E-state index in [2.05, 4.69) is 11.4 Å². The highest BCUT2D eigenvalue weighted by Crippen LogP contribution is 2.20. The van der Waals surface area contributed by atoms with Crippen LogP contribution in [0.2, 0.25) is 0 Å². The van der Waals surface area contributed by atoms with Crippen LogP contribution in [0.5, 0.6) is 5.75 Å². The predicted octanol–water partition coefficient (Wildman–Crippen LogP) is 3.63. The zero-order chi connectivity index (χ0) is 23.7. The summed E-state index contributed by atoms with van der Waals surface area (Å²) in [5.41, 5.74) is 2.34. The molecule has 3 rings (SSSR count). The molecule has 8 heteroatoms. The second-order valence-corrected chi connectivity index (χ2v) is 9.27. The molecule has 0 aromatic heterocycles. The number of anilines is 1. The largest absolute Gasteiger partial charge is 0.497 e. The smallest absolute Gasteiger partial charge is 0.243 e. The Kier molecular flexibility index (Phi) is 8.19. The summed E-state index contributed by atoms with van der Waals surface area (Å²) in [5, 5.41) is 11.5. The lowest BCUT2D eigenvalue weighted by Crippen LogP contribution is -2.39. The van der Waals surface area contributed by atoms with Gasteiger partial charge in [0.15, 0.2) is 0 Å². The molecule has 0 bridgehead atoms. The average Bonchev–Trinajstić information content (AvgIpc) is 2.83. The van der Waals surface area contributed by atoms with Crippen LogP contribution in [0.3, 0.4) is 0 Å². The number of nitrogens with zero attached hydrogens (tertiary/aromatic N) is 2. The monoisotopic (exact) mass is 463 g/mol. The second-order valence-electron chi connectivity index (χ2n) is 7.33. The van der Waals surface area contributed by atoms with E-state index in [9.17, 15) is 13.2 Å². The lowest BCUT2D eigenvalue weighted by atomic mass is 10.1. The zero-order valence-corrected chi connectivity index (χ0v) is 19.1. The van der Waals surface area contributed by atoms with Crippen LogP contribution < -0.4 is 10.1 Å². The number of ether oxygens (including phenoxy) is 1. The van der Waals surface area contributed by atoms with Crippen molar-refractivity contribution in [2.75, 3.05) is 25.5 Å². The van der Waals surface area contributed by atoms with Gasteiger partial charge in [-0.05, 0) is 53.9 Å². The van der Waals surface area contributed by atoms with Crippen molar-refractivity contribution in [3.63, 3.8) is 0 Å². The fraction of sp³-hybridized carbons (Fsp3) is 0.200. The maximum Gasteiger partial charge on any atom is 0.243 e. The normalized spacial score (nSPS) is 11.1. The molecule has 0 aliphatic rings. The van der Waals surface area contributed by atoms with E-state index in [1.165, 1.54) is 23.5 Å². The molecule has 0 heterocycles. The zero-order valence-electron chi connectivity index (χ0n) is 18.3. The second kappa shape index (κ2) is 11.3. The number of hydrogen-bond donors (Lipinski definition) is 1. The molecular formula is C25H25N3O4S. The van der Waals surface area contributed by atoms with E-state index in [-0.39, 0.29) is 24.4 Å². The van der Waals surface area contributed by atoms with Gasteiger partial charge >= 0.3 is 0 Å². The molecule has 7 nitrogen and oxygen atoms in total. The molecule has 3 aromatic rings. The molecule has 0 fully saturated rings. The maximum atomic E-state index is 13.3. The Morgan fingerprint density at radius 1 is 0.970 bits per heavy atom. The molecule has 0 unspecified atom stereocenters. The highest BCUT2D eigenvalue weighted by molar-refractivity contribution is 7.89. The molecule has 1 amide bonds. The van der Waals surface area contributed by atoms with Crippen LogP contribution in [-0.4, -0.2) is 38.8 Å². The van der Waals surface area contributed by atoms with Gasteiger partial charge in [-0.2, -0.15) is 9.57 Å². The summed E-state index contributed by atoms with van der Waals surface area (Å²) in [7, 11) is -2.41. The van der Waals surface area contributed by atoms with E-state index >= 15 is 0 Å². The van der Waals surface area contributed by atoms with Crippen LogP contribution in [0.15, 0.2) is 83.8 Å². The van der Waals surface area contributed by atoms with Crippen molar-refractivity contribution in [2.45, 2.75) is 17.7 Å². The predicted molar refractivity (Wildman–Crippen MR) is 126 cm³/mol. The Labute approximate surface area is 194 Å². The molecule has 33 heavy (non-hydrogen) atoms. The fourth-order valence-electron chi connectivity index (χ4n) is 3.24. The number of amides is 1. The van der Waals surface area contributed by atoms with Crippen molar-refractivity contribution < 1.29 is 17.9 Å². The minimum atomic E-state index is -3.92. The molecule has 3 aromatic carbocycles. The van der Waals surface area contributed by atoms with Gasteiger partial charge in [0.2, 0.25) is 15.9 Å². The Hall–Kier alpha value is -3.67. The van der Waals surface area contributed by atoms with Crippen molar-refractivity contribution in [3.8, 4) is 11.8 Å². The molecule has 170 valence electrons. The summed E-state index contributed by atoms with van der Waals surface area (Å²) >= 11 is 0. The molecule has 0 saturated heterocycles. The van der Waals surface area contributed by atoms with Gasteiger partial charge < -0.3 is 10.1 Å². The Bertz CT molecular complexity index is 1200.